The van der Waals surface area contributed by atoms with E-state index >= 15 is 0 Å². The summed E-state index contributed by atoms with van der Waals surface area (Å²) in [6, 6.07) is 2.23. The average Bonchev–Trinajstić information content (AvgIpc) is 3.10. The molecule has 1 aliphatic carbocycles. The van der Waals surface area contributed by atoms with E-state index in [9.17, 15) is 0 Å². The van der Waals surface area contributed by atoms with Crippen molar-refractivity contribution in [2.24, 2.45) is 11.8 Å². The van der Waals surface area contributed by atoms with Crippen molar-refractivity contribution < 1.29 is 4.74 Å². The monoisotopic (exact) mass is 277 g/mol. The van der Waals surface area contributed by atoms with Crippen LogP contribution < -0.4 is 10.2 Å². The average molecular weight is 277 g/mol. The molecule has 0 spiro atoms. The standard InChI is InChI=1S/C16H27N3O/c1-12-8-15(12)11-19(3)16-13(2)7-14(10-18-16)9-17-5-6-20-4/h7,10,12,15,17H,5-6,8-9,11H2,1-4H3. The van der Waals surface area contributed by atoms with Crippen molar-refractivity contribution in [1.82, 2.24) is 10.3 Å². The SMILES string of the molecule is COCCNCc1cnc(N(C)CC2CC2C)c(C)c1. The van der Waals surface area contributed by atoms with Crippen molar-refractivity contribution in [3.05, 3.63) is 23.4 Å². The summed E-state index contributed by atoms with van der Waals surface area (Å²) in [6.07, 6.45) is 3.35. The second kappa shape index (κ2) is 7.04. The number of hydrogen-bond acceptors (Lipinski definition) is 4. The number of methoxy groups -OCH3 is 1. The molecule has 1 aromatic heterocycles. The zero-order valence-corrected chi connectivity index (χ0v) is 13.1. The third-order valence-electron chi connectivity index (χ3n) is 4.07. The van der Waals surface area contributed by atoms with Crippen LogP contribution in [0.2, 0.25) is 0 Å². The lowest BCUT2D eigenvalue weighted by molar-refractivity contribution is 0.199. The first kappa shape index (κ1) is 15.3. The zero-order valence-electron chi connectivity index (χ0n) is 13.1. The Balaban J connectivity index is 1.87. The number of anilines is 1. The Labute approximate surface area is 122 Å². The molecule has 1 saturated carbocycles. The van der Waals surface area contributed by atoms with Gasteiger partial charge in [0, 0.05) is 40.0 Å². The van der Waals surface area contributed by atoms with Crippen molar-refractivity contribution >= 4 is 5.82 Å². The van der Waals surface area contributed by atoms with E-state index < -0.39 is 0 Å². The summed E-state index contributed by atoms with van der Waals surface area (Å²) in [4.78, 5) is 6.93. The molecule has 1 heterocycles. The molecule has 1 aromatic rings. The van der Waals surface area contributed by atoms with Gasteiger partial charge in [0.1, 0.15) is 5.82 Å². The minimum absolute atomic E-state index is 0.743. The summed E-state index contributed by atoms with van der Waals surface area (Å²) in [5.74, 6) is 2.86. The Bertz CT molecular complexity index is 436. The Morgan fingerprint density at radius 3 is 2.85 bits per heavy atom. The van der Waals surface area contributed by atoms with Gasteiger partial charge in [-0.15, -0.1) is 0 Å². The molecule has 0 saturated heterocycles. The van der Waals surface area contributed by atoms with Gasteiger partial charge in [-0.25, -0.2) is 4.98 Å². The van der Waals surface area contributed by atoms with Gasteiger partial charge in [0.15, 0.2) is 0 Å². The summed E-state index contributed by atoms with van der Waals surface area (Å²) in [6.45, 7) is 8.06. The van der Waals surface area contributed by atoms with Gasteiger partial charge in [-0.1, -0.05) is 6.92 Å². The molecular formula is C16H27N3O. The normalized spacial score (nSPS) is 21.0. The molecule has 112 valence electrons. The minimum atomic E-state index is 0.743. The lowest BCUT2D eigenvalue weighted by Gasteiger charge is -2.20. The van der Waals surface area contributed by atoms with Gasteiger partial charge in [-0.3, -0.25) is 0 Å². The van der Waals surface area contributed by atoms with Crippen LogP contribution in [-0.2, 0) is 11.3 Å². The van der Waals surface area contributed by atoms with E-state index in [4.69, 9.17) is 4.74 Å². The van der Waals surface area contributed by atoms with Gasteiger partial charge < -0.3 is 15.0 Å². The molecule has 1 N–H and O–H groups in total. The van der Waals surface area contributed by atoms with E-state index in [0.29, 0.717) is 0 Å². The maximum atomic E-state index is 5.02. The fraction of sp³-hybridized carbons (Fsp3) is 0.688. The van der Waals surface area contributed by atoms with Gasteiger partial charge >= 0.3 is 0 Å². The van der Waals surface area contributed by atoms with Gasteiger partial charge in [-0.05, 0) is 42.4 Å². The predicted octanol–water partition coefficient (Wildman–Crippen LogP) is 2.22. The highest BCUT2D eigenvalue weighted by atomic mass is 16.5. The molecule has 1 aliphatic rings. The number of aromatic nitrogens is 1. The number of ether oxygens (including phenoxy) is 1. The lowest BCUT2D eigenvalue weighted by Crippen LogP contribution is -2.23. The number of aryl methyl sites for hydroxylation is 1. The highest BCUT2D eigenvalue weighted by Crippen LogP contribution is 2.38. The van der Waals surface area contributed by atoms with Gasteiger partial charge in [0.2, 0.25) is 0 Å². The first-order valence-electron chi connectivity index (χ1n) is 7.48. The molecule has 0 bridgehead atoms. The summed E-state index contributed by atoms with van der Waals surface area (Å²) in [7, 11) is 3.87. The maximum Gasteiger partial charge on any atom is 0.131 e. The zero-order chi connectivity index (χ0) is 14.5. The van der Waals surface area contributed by atoms with Crippen LogP contribution in [-0.4, -0.2) is 38.8 Å². The summed E-state index contributed by atoms with van der Waals surface area (Å²) in [5.41, 5.74) is 2.49. The van der Waals surface area contributed by atoms with Crippen molar-refractivity contribution in [2.75, 3.05) is 38.8 Å². The van der Waals surface area contributed by atoms with E-state index in [0.717, 1.165) is 43.9 Å². The van der Waals surface area contributed by atoms with E-state index in [1.807, 2.05) is 6.20 Å². The fourth-order valence-electron chi connectivity index (χ4n) is 2.62. The summed E-state index contributed by atoms with van der Waals surface area (Å²) >= 11 is 0. The fourth-order valence-corrected chi connectivity index (χ4v) is 2.62. The summed E-state index contributed by atoms with van der Waals surface area (Å²) in [5, 5.41) is 3.35. The van der Waals surface area contributed by atoms with Crippen LogP contribution in [0, 0.1) is 18.8 Å². The molecule has 0 amide bonds. The Hall–Kier alpha value is -1.13. The van der Waals surface area contributed by atoms with Gasteiger partial charge in [-0.2, -0.15) is 0 Å². The second-order valence-electron chi connectivity index (χ2n) is 6.01. The summed E-state index contributed by atoms with van der Waals surface area (Å²) < 4.78 is 5.02. The first-order chi connectivity index (χ1) is 9.61. The Morgan fingerprint density at radius 1 is 1.50 bits per heavy atom. The van der Waals surface area contributed by atoms with Gasteiger partial charge in [0.05, 0.1) is 6.61 Å². The Kier molecular flexibility index (Phi) is 5.38. The molecule has 4 nitrogen and oxygen atoms in total. The number of rotatable bonds is 8. The molecule has 0 aromatic carbocycles. The minimum Gasteiger partial charge on any atom is -0.383 e. The number of hydrogen-bond donors (Lipinski definition) is 1. The van der Waals surface area contributed by atoms with Crippen molar-refractivity contribution in [1.29, 1.82) is 0 Å². The van der Waals surface area contributed by atoms with Crippen LogP contribution in [0.1, 0.15) is 24.5 Å². The molecule has 2 atom stereocenters. The van der Waals surface area contributed by atoms with Crippen LogP contribution >= 0.6 is 0 Å². The maximum absolute atomic E-state index is 5.02. The predicted molar refractivity (Wildman–Crippen MR) is 83.1 cm³/mol. The lowest BCUT2D eigenvalue weighted by atomic mass is 10.2. The first-order valence-corrected chi connectivity index (χ1v) is 7.48. The molecule has 4 heteroatoms. The number of nitrogens with zero attached hydrogens (tertiary/aromatic N) is 2. The number of pyridine rings is 1. The van der Waals surface area contributed by atoms with Crippen LogP contribution in [0.4, 0.5) is 5.82 Å². The van der Waals surface area contributed by atoms with Crippen molar-refractivity contribution in [3.8, 4) is 0 Å². The Morgan fingerprint density at radius 2 is 2.25 bits per heavy atom. The van der Waals surface area contributed by atoms with Crippen molar-refractivity contribution in [3.63, 3.8) is 0 Å². The topological polar surface area (TPSA) is 37.4 Å². The van der Waals surface area contributed by atoms with Crippen molar-refractivity contribution in [2.45, 2.75) is 26.8 Å². The van der Waals surface area contributed by atoms with E-state index in [1.54, 1.807) is 7.11 Å². The molecule has 2 rings (SSSR count). The second-order valence-corrected chi connectivity index (χ2v) is 6.01. The molecule has 1 fully saturated rings. The van der Waals surface area contributed by atoms with E-state index in [-0.39, 0.29) is 0 Å². The smallest absolute Gasteiger partial charge is 0.131 e. The number of nitrogens with one attached hydrogen (secondary N) is 1. The van der Waals surface area contributed by atoms with Crippen LogP contribution in [0.3, 0.4) is 0 Å². The molecule has 0 aliphatic heterocycles. The van der Waals surface area contributed by atoms with E-state index in [1.165, 1.54) is 17.5 Å². The van der Waals surface area contributed by atoms with Crippen LogP contribution in [0.5, 0.6) is 0 Å². The largest absolute Gasteiger partial charge is 0.383 e. The third kappa shape index (κ3) is 4.18. The van der Waals surface area contributed by atoms with E-state index in [2.05, 4.69) is 42.2 Å². The quantitative estimate of drug-likeness (QED) is 0.739. The molecule has 0 radical (unpaired) electrons. The van der Waals surface area contributed by atoms with Crippen LogP contribution in [0.15, 0.2) is 12.3 Å². The molecule has 2 unspecified atom stereocenters. The highest BCUT2D eigenvalue weighted by molar-refractivity contribution is 5.46. The highest BCUT2D eigenvalue weighted by Gasteiger charge is 2.33. The third-order valence-corrected chi connectivity index (χ3v) is 4.07. The van der Waals surface area contributed by atoms with Gasteiger partial charge in [0.25, 0.3) is 0 Å². The molecular weight excluding hydrogens is 250 g/mol. The van der Waals surface area contributed by atoms with Crippen LogP contribution in [0.25, 0.3) is 0 Å². The molecule has 20 heavy (non-hydrogen) atoms.